The number of hydrogen-bond acceptors (Lipinski definition) is 7. The Morgan fingerprint density at radius 1 is 1.03 bits per heavy atom. The quantitative estimate of drug-likeness (QED) is 0.335. The zero-order chi connectivity index (χ0) is 26.1. The van der Waals surface area contributed by atoms with Gasteiger partial charge in [0.05, 0.1) is 12.1 Å². The number of fused-ring (bicyclic) bond motifs is 2. The zero-order valence-electron chi connectivity index (χ0n) is 20.7. The van der Waals surface area contributed by atoms with E-state index in [1.165, 1.54) is 12.1 Å². The molecule has 0 radical (unpaired) electrons. The van der Waals surface area contributed by atoms with Crippen molar-refractivity contribution in [3.8, 4) is 11.5 Å². The third kappa shape index (κ3) is 4.61. The molecule has 1 unspecified atom stereocenters. The normalized spacial score (nSPS) is 13.3. The fraction of sp³-hybridized carbons (Fsp3) is 0.214. The highest BCUT2D eigenvalue weighted by Gasteiger charge is 2.30. The summed E-state index contributed by atoms with van der Waals surface area (Å²) in [6, 6.07) is 21.2. The maximum absolute atomic E-state index is 13.6. The molecular formula is C28H25FN6O3. The van der Waals surface area contributed by atoms with E-state index in [0.29, 0.717) is 48.0 Å². The highest BCUT2D eigenvalue weighted by atomic mass is 19.1. The lowest BCUT2D eigenvalue weighted by Crippen LogP contribution is -2.35. The number of pyridine rings is 1. The third-order valence-electron chi connectivity index (χ3n) is 6.71. The van der Waals surface area contributed by atoms with Gasteiger partial charge in [-0.3, -0.25) is 9.69 Å². The summed E-state index contributed by atoms with van der Waals surface area (Å²) in [6.45, 7) is 3.71. The Hall–Kier alpha value is -4.57. The van der Waals surface area contributed by atoms with Crippen LogP contribution in [0.1, 0.15) is 35.5 Å². The summed E-state index contributed by atoms with van der Waals surface area (Å²) in [5.41, 5.74) is 2.84. The molecule has 0 fully saturated rings. The van der Waals surface area contributed by atoms with Crippen LogP contribution in [0.3, 0.4) is 0 Å². The molecule has 1 aliphatic heterocycles. The van der Waals surface area contributed by atoms with Crippen LogP contribution in [0.25, 0.3) is 10.9 Å². The third-order valence-corrected chi connectivity index (χ3v) is 6.71. The van der Waals surface area contributed by atoms with Gasteiger partial charge in [-0.05, 0) is 52.4 Å². The molecule has 0 spiro atoms. The molecule has 1 aliphatic rings. The van der Waals surface area contributed by atoms with Gasteiger partial charge in [0, 0.05) is 23.6 Å². The van der Waals surface area contributed by atoms with Gasteiger partial charge >= 0.3 is 0 Å². The summed E-state index contributed by atoms with van der Waals surface area (Å²) < 4.78 is 26.2. The van der Waals surface area contributed by atoms with Gasteiger partial charge in [0.2, 0.25) is 6.79 Å². The van der Waals surface area contributed by atoms with Gasteiger partial charge < -0.3 is 14.5 Å². The van der Waals surface area contributed by atoms with E-state index in [9.17, 15) is 9.18 Å². The number of rotatable bonds is 8. The average molecular weight is 513 g/mol. The largest absolute Gasteiger partial charge is 0.454 e. The van der Waals surface area contributed by atoms with E-state index in [1.807, 2.05) is 49.4 Å². The molecule has 0 saturated heterocycles. The molecule has 0 amide bonds. The minimum Gasteiger partial charge on any atom is -0.454 e. The topological polar surface area (TPSA) is 98.2 Å². The van der Waals surface area contributed by atoms with Crippen LogP contribution >= 0.6 is 0 Å². The predicted octanol–water partition coefficient (Wildman–Crippen LogP) is 4.04. The number of H-pyrrole nitrogens is 1. The van der Waals surface area contributed by atoms with Crippen molar-refractivity contribution in [2.24, 2.45) is 0 Å². The van der Waals surface area contributed by atoms with Crippen molar-refractivity contribution in [1.82, 2.24) is 30.1 Å². The molecule has 192 valence electrons. The van der Waals surface area contributed by atoms with E-state index in [0.717, 1.165) is 16.5 Å². The number of benzene rings is 3. The average Bonchev–Trinajstić information content (AvgIpc) is 3.58. The van der Waals surface area contributed by atoms with E-state index in [2.05, 4.69) is 25.4 Å². The van der Waals surface area contributed by atoms with Crippen LogP contribution in [-0.4, -0.2) is 43.4 Å². The standard InChI is InChI=1S/C28H25FN6O3/c1-2-34(15-18-6-4-3-5-7-18)26(27-31-32-33-35(27)16-19-8-10-21(29)11-9-19)22-12-20-13-24-25(38-17-37-24)14-23(20)30-28(22)36/h3-14,26H,2,15-17H2,1H3,(H,30,36). The predicted molar refractivity (Wildman–Crippen MR) is 138 cm³/mol. The lowest BCUT2D eigenvalue weighted by atomic mass is 10.0. The van der Waals surface area contributed by atoms with Gasteiger partial charge in [-0.1, -0.05) is 49.4 Å². The Bertz CT molecular complexity index is 1630. The van der Waals surface area contributed by atoms with Gasteiger partial charge in [-0.25, -0.2) is 9.07 Å². The second-order valence-corrected chi connectivity index (χ2v) is 9.12. The molecule has 5 aromatic rings. The van der Waals surface area contributed by atoms with Gasteiger partial charge in [-0.2, -0.15) is 0 Å². The van der Waals surface area contributed by atoms with Gasteiger partial charge in [0.25, 0.3) is 5.56 Å². The molecule has 0 bridgehead atoms. The van der Waals surface area contributed by atoms with Gasteiger partial charge in [0.15, 0.2) is 17.3 Å². The SMILES string of the molecule is CCN(Cc1ccccc1)C(c1cc2cc3c(cc2[nH]c1=O)OCO3)c1nnnn1Cc1ccc(F)cc1. The van der Waals surface area contributed by atoms with E-state index >= 15 is 0 Å². The Morgan fingerprint density at radius 2 is 1.79 bits per heavy atom. The lowest BCUT2D eigenvalue weighted by Gasteiger charge is -2.30. The Morgan fingerprint density at radius 3 is 2.55 bits per heavy atom. The second kappa shape index (κ2) is 10.1. The summed E-state index contributed by atoms with van der Waals surface area (Å²) in [7, 11) is 0. The summed E-state index contributed by atoms with van der Waals surface area (Å²) in [5, 5.41) is 13.4. The first-order valence-corrected chi connectivity index (χ1v) is 12.3. The molecule has 9 nitrogen and oxygen atoms in total. The van der Waals surface area contributed by atoms with Crippen LogP contribution in [0.5, 0.6) is 11.5 Å². The van der Waals surface area contributed by atoms with Crippen LogP contribution in [0.4, 0.5) is 4.39 Å². The number of nitrogens with one attached hydrogen (secondary N) is 1. The number of aromatic amines is 1. The summed E-state index contributed by atoms with van der Waals surface area (Å²) in [4.78, 5) is 18.7. The van der Waals surface area contributed by atoms with E-state index in [4.69, 9.17) is 9.47 Å². The maximum Gasteiger partial charge on any atom is 0.253 e. The first kappa shape index (κ1) is 23.8. The number of tetrazole rings is 1. The van der Waals surface area contributed by atoms with Crippen LogP contribution in [-0.2, 0) is 13.1 Å². The lowest BCUT2D eigenvalue weighted by molar-refractivity contribution is 0.174. The molecule has 6 rings (SSSR count). The van der Waals surface area contributed by atoms with Gasteiger partial charge in [0.1, 0.15) is 11.9 Å². The first-order valence-electron chi connectivity index (χ1n) is 12.3. The highest BCUT2D eigenvalue weighted by molar-refractivity contribution is 5.83. The maximum atomic E-state index is 13.6. The molecule has 1 N–H and O–H groups in total. The fourth-order valence-corrected chi connectivity index (χ4v) is 4.80. The number of aromatic nitrogens is 5. The zero-order valence-corrected chi connectivity index (χ0v) is 20.7. The first-order chi connectivity index (χ1) is 18.6. The van der Waals surface area contributed by atoms with Crippen LogP contribution in [0.2, 0.25) is 0 Å². The van der Waals surface area contributed by atoms with E-state index in [1.54, 1.807) is 22.9 Å². The van der Waals surface area contributed by atoms with E-state index < -0.39 is 6.04 Å². The highest BCUT2D eigenvalue weighted by Crippen LogP contribution is 2.36. The van der Waals surface area contributed by atoms with Crippen molar-refractivity contribution >= 4 is 10.9 Å². The molecule has 2 aromatic heterocycles. The molecule has 3 heterocycles. The van der Waals surface area contributed by atoms with Crippen molar-refractivity contribution in [3.63, 3.8) is 0 Å². The van der Waals surface area contributed by atoms with Crippen LogP contribution in [0.15, 0.2) is 77.6 Å². The number of nitrogens with zero attached hydrogens (tertiary/aromatic N) is 5. The van der Waals surface area contributed by atoms with Crippen molar-refractivity contribution in [2.45, 2.75) is 26.1 Å². The molecular weight excluding hydrogens is 487 g/mol. The Labute approximate surface area is 217 Å². The van der Waals surface area contributed by atoms with Crippen LogP contribution in [0, 0.1) is 5.82 Å². The fourth-order valence-electron chi connectivity index (χ4n) is 4.80. The Balaban J connectivity index is 1.47. The monoisotopic (exact) mass is 512 g/mol. The number of halogens is 1. The van der Waals surface area contributed by atoms with E-state index in [-0.39, 0.29) is 18.2 Å². The molecule has 0 saturated carbocycles. The number of ether oxygens (including phenoxy) is 2. The molecule has 38 heavy (non-hydrogen) atoms. The molecule has 1 atom stereocenters. The Kier molecular flexibility index (Phi) is 6.30. The summed E-state index contributed by atoms with van der Waals surface area (Å²) in [6.07, 6.45) is 0. The molecule has 3 aromatic carbocycles. The van der Waals surface area contributed by atoms with Crippen molar-refractivity contribution < 1.29 is 13.9 Å². The van der Waals surface area contributed by atoms with Crippen LogP contribution < -0.4 is 15.0 Å². The van der Waals surface area contributed by atoms with Crippen molar-refractivity contribution in [3.05, 3.63) is 111 Å². The molecule has 0 aliphatic carbocycles. The minimum atomic E-state index is -0.561. The van der Waals surface area contributed by atoms with Crippen molar-refractivity contribution in [1.29, 1.82) is 0 Å². The number of hydrogen-bond donors (Lipinski definition) is 1. The summed E-state index contributed by atoms with van der Waals surface area (Å²) >= 11 is 0. The summed E-state index contributed by atoms with van der Waals surface area (Å²) in [5.74, 6) is 1.43. The van der Waals surface area contributed by atoms with Gasteiger partial charge in [-0.15, -0.1) is 5.10 Å². The smallest absolute Gasteiger partial charge is 0.253 e. The second-order valence-electron chi connectivity index (χ2n) is 9.12. The van der Waals surface area contributed by atoms with Crippen molar-refractivity contribution in [2.75, 3.05) is 13.3 Å². The minimum absolute atomic E-state index is 0.143. The molecule has 10 heteroatoms.